The molecular formula is C17H16O. The van der Waals surface area contributed by atoms with E-state index in [1.165, 1.54) is 22.3 Å². The van der Waals surface area contributed by atoms with Gasteiger partial charge in [-0.3, -0.25) is 4.79 Å². The van der Waals surface area contributed by atoms with Gasteiger partial charge in [-0.2, -0.15) is 0 Å². The summed E-state index contributed by atoms with van der Waals surface area (Å²) in [6, 6.07) is 16.5. The van der Waals surface area contributed by atoms with Crippen molar-refractivity contribution in [2.75, 3.05) is 0 Å². The number of fused-ring (bicyclic) bond motifs is 1. The highest BCUT2D eigenvalue weighted by Gasteiger charge is 2.27. The molecular weight excluding hydrogens is 220 g/mol. The first-order chi connectivity index (χ1) is 8.75. The van der Waals surface area contributed by atoms with Gasteiger partial charge in [0.2, 0.25) is 0 Å². The third-order valence-corrected chi connectivity index (χ3v) is 3.86. The van der Waals surface area contributed by atoms with Crippen LogP contribution in [-0.4, -0.2) is 5.78 Å². The summed E-state index contributed by atoms with van der Waals surface area (Å²) in [7, 11) is 0. The van der Waals surface area contributed by atoms with Gasteiger partial charge in [0.15, 0.2) is 0 Å². The number of carbonyl (C=O) groups is 1. The molecule has 0 amide bonds. The van der Waals surface area contributed by atoms with Crippen LogP contribution >= 0.6 is 0 Å². The predicted molar refractivity (Wildman–Crippen MR) is 72.8 cm³/mol. The van der Waals surface area contributed by atoms with Gasteiger partial charge in [-0.15, -0.1) is 0 Å². The van der Waals surface area contributed by atoms with Crippen LogP contribution in [0.1, 0.15) is 28.2 Å². The van der Waals surface area contributed by atoms with Gasteiger partial charge in [-0.1, -0.05) is 48.5 Å². The van der Waals surface area contributed by atoms with E-state index >= 15 is 0 Å². The number of aryl methyl sites for hydroxylation is 1. The summed E-state index contributed by atoms with van der Waals surface area (Å²) in [4.78, 5) is 12.3. The fourth-order valence-electron chi connectivity index (χ4n) is 2.83. The molecule has 1 heteroatoms. The van der Waals surface area contributed by atoms with E-state index in [1.807, 2.05) is 18.2 Å². The molecule has 1 aliphatic carbocycles. The fourth-order valence-corrected chi connectivity index (χ4v) is 2.83. The van der Waals surface area contributed by atoms with Crippen molar-refractivity contribution in [3.8, 4) is 0 Å². The summed E-state index contributed by atoms with van der Waals surface area (Å²) < 4.78 is 0. The first-order valence-electron chi connectivity index (χ1n) is 6.41. The molecule has 90 valence electrons. The van der Waals surface area contributed by atoms with Crippen molar-refractivity contribution < 1.29 is 4.79 Å². The molecule has 0 saturated carbocycles. The van der Waals surface area contributed by atoms with E-state index in [0.29, 0.717) is 12.2 Å². The molecule has 0 saturated heterocycles. The van der Waals surface area contributed by atoms with Crippen molar-refractivity contribution >= 4 is 5.78 Å². The molecule has 0 heterocycles. The van der Waals surface area contributed by atoms with Crippen LogP contribution in [0.4, 0.5) is 0 Å². The first kappa shape index (κ1) is 11.2. The Kier molecular flexibility index (Phi) is 2.75. The van der Waals surface area contributed by atoms with Gasteiger partial charge in [0.25, 0.3) is 0 Å². The molecule has 2 aromatic carbocycles. The zero-order valence-electron chi connectivity index (χ0n) is 10.5. The van der Waals surface area contributed by atoms with Crippen molar-refractivity contribution in [3.63, 3.8) is 0 Å². The topological polar surface area (TPSA) is 17.1 Å². The van der Waals surface area contributed by atoms with Crippen molar-refractivity contribution in [1.29, 1.82) is 0 Å². The maximum absolute atomic E-state index is 12.3. The maximum atomic E-state index is 12.3. The SMILES string of the molecule is Cc1ccccc1C1Cc2ccccc2CC1=O. The second-order valence-electron chi connectivity index (χ2n) is 5.03. The van der Waals surface area contributed by atoms with Gasteiger partial charge in [0.1, 0.15) is 5.78 Å². The van der Waals surface area contributed by atoms with E-state index in [4.69, 9.17) is 0 Å². The number of hydrogen-bond acceptors (Lipinski definition) is 1. The fraction of sp³-hybridized carbons (Fsp3) is 0.235. The molecule has 0 aromatic heterocycles. The van der Waals surface area contributed by atoms with Crippen molar-refractivity contribution in [3.05, 3.63) is 70.8 Å². The summed E-state index contributed by atoms with van der Waals surface area (Å²) in [6.07, 6.45) is 1.43. The van der Waals surface area contributed by atoms with Gasteiger partial charge in [0, 0.05) is 12.3 Å². The summed E-state index contributed by atoms with van der Waals surface area (Å²) in [5.74, 6) is 0.393. The van der Waals surface area contributed by atoms with Gasteiger partial charge < -0.3 is 0 Å². The number of hydrogen-bond donors (Lipinski definition) is 0. The Morgan fingerprint density at radius 1 is 0.944 bits per heavy atom. The monoisotopic (exact) mass is 236 g/mol. The van der Waals surface area contributed by atoms with E-state index in [0.717, 1.165) is 6.42 Å². The second-order valence-corrected chi connectivity index (χ2v) is 5.03. The third kappa shape index (κ3) is 1.86. The number of ketones is 1. The van der Waals surface area contributed by atoms with Crippen LogP contribution in [0.3, 0.4) is 0 Å². The van der Waals surface area contributed by atoms with Gasteiger partial charge in [0.05, 0.1) is 0 Å². The lowest BCUT2D eigenvalue weighted by Gasteiger charge is -2.25. The van der Waals surface area contributed by atoms with Crippen LogP contribution in [0.5, 0.6) is 0 Å². The van der Waals surface area contributed by atoms with Crippen molar-refractivity contribution in [1.82, 2.24) is 0 Å². The Morgan fingerprint density at radius 2 is 1.61 bits per heavy atom. The zero-order valence-corrected chi connectivity index (χ0v) is 10.5. The van der Waals surface area contributed by atoms with Crippen LogP contribution in [0.15, 0.2) is 48.5 Å². The summed E-state index contributed by atoms with van der Waals surface area (Å²) >= 11 is 0. The van der Waals surface area contributed by atoms with Crippen LogP contribution in [-0.2, 0) is 17.6 Å². The summed E-state index contributed by atoms with van der Waals surface area (Å²) in [5, 5.41) is 0. The highest BCUT2D eigenvalue weighted by atomic mass is 16.1. The molecule has 2 aromatic rings. The van der Waals surface area contributed by atoms with Crippen molar-refractivity contribution in [2.45, 2.75) is 25.7 Å². The molecule has 1 unspecified atom stereocenters. The molecule has 1 nitrogen and oxygen atoms in total. The molecule has 0 N–H and O–H groups in total. The molecule has 3 rings (SSSR count). The zero-order chi connectivity index (χ0) is 12.5. The molecule has 0 bridgehead atoms. The van der Waals surface area contributed by atoms with Crippen molar-refractivity contribution in [2.24, 2.45) is 0 Å². The minimum Gasteiger partial charge on any atom is -0.299 e. The van der Waals surface area contributed by atoms with E-state index in [1.54, 1.807) is 0 Å². The van der Waals surface area contributed by atoms with E-state index in [9.17, 15) is 4.79 Å². The Labute approximate surface area is 107 Å². The average molecular weight is 236 g/mol. The Balaban J connectivity index is 2.01. The van der Waals surface area contributed by atoms with Gasteiger partial charge in [-0.25, -0.2) is 0 Å². The highest BCUT2D eigenvalue weighted by molar-refractivity contribution is 5.90. The van der Waals surface area contributed by atoms with Crippen LogP contribution in [0.25, 0.3) is 0 Å². The Hall–Kier alpha value is -1.89. The number of Topliss-reactive ketones (excluding diaryl/α,β-unsaturated/α-hetero) is 1. The number of benzene rings is 2. The summed E-state index contributed by atoms with van der Waals surface area (Å²) in [5.41, 5.74) is 4.94. The first-order valence-corrected chi connectivity index (χ1v) is 6.41. The van der Waals surface area contributed by atoms with Crippen LogP contribution in [0, 0.1) is 6.92 Å². The highest BCUT2D eigenvalue weighted by Crippen LogP contribution is 2.31. The van der Waals surface area contributed by atoms with E-state index in [2.05, 4.69) is 37.3 Å². The van der Waals surface area contributed by atoms with E-state index < -0.39 is 0 Å². The van der Waals surface area contributed by atoms with E-state index in [-0.39, 0.29) is 5.92 Å². The standard InChI is InChI=1S/C17H16O/c1-12-6-2-5-9-15(12)16-10-13-7-3-4-8-14(13)11-17(16)18/h2-9,16H,10-11H2,1H3. The van der Waals surface area contributed by atoms with Crippen LogP contribution < -0.4 is 0 Å². The second kappa shape index (κ2) is 4.41. The van der Waals surface area contributed by atoms with Gasteiger partial charge >= 0.3 is 0 Å². The largest absolute Gasteiger partial charge is 0.299 e. The minimum absolute atomic E-state index is 0.0427. The quantitative estimate of drug-likeness (QED) is 0.741. The molecule has 0 spiro atoms. The predicted octanol–water partition coefficient (Wildman–Crippen LogP) is 3.45. The smallest absolute Gasteiger partial charge is 0.145 e. The molecule has 0 aliphatic heterocycles. The Bertz CT molecular complexity index is 598. The lowest BCUT2D eigenvalue weighted by Crippen LogP contribution is -2.24. The molecule has 1 atom stereocenters. The lowest BCUT2D eigenvalue weighted by atomic mass is 9.78. The summed E-state index contributed by atoms with van der Waals surface area (Å²) in [6.45, 7) is 2.09. The average Bonchev–Trinajstić information content (AvgIpc) is 2.39. The normalized spacial score (nSPS) is 18.5. The molecule has 1 aliphatic rings. The number of rotatable bonds is 1. The number of carbonyl (C=O) groups excluding carboxylic acids is 1. The molecule has 18 heavy (non-hydrogen) atoms. The molecule has 0 fully saturated rings. The lowest BCUT2D eigenvalue weighted by molar-refractivity contribution is -0.120. The minimum atomic E-state index is 0.0427. The van der Waals surface area contributed by atoms with Crippen LogP contribution in [0.2, 0.25) is 0 Å². The van der Waals surface area contributed by atoms with Gasteiger partial charge in [-0.05, 0) is 35.6 Å². The third-order valence-electron chi connectivity index (χ3n) is 3.86. The maximum Gasteiger partial charge on any atom is 0.145 e. The Morgan fingerprint density at radius 3 is 2.39 bits per heavy atom. The molecule has 0 radical (unpaired) electrons.